The van der Waals surface area contributed by atoms with E-state index in [1.807, 2.05) is 38.3 Å². The molecule has 0 spiro atoms. The lowest BCUT2D eigenvalue weighted by atomic mass is 10.0. The minimum atomic E-state index is -0.591. The van der Waals surface area contributed by atoms with Gasteiger partial charge >= 0.3 is 12.1 Å². The van der Waals surface area contributed by atoms with E-state index in [1.54, 1.807) is 30.2 Å². The molecule has 4 aromatic rings. The summed E-state index contributed by atoms with van der Waals surface area (Å²) >= 11 is 0. The number of halogens is 1. The number of amides is 1. The number of nitrogens with two attached hydrogens (primary N) is 1. The van der Waals surface area contributed by atoms with Crippen LogP contribution < -0.4 is 10.5 Å². The number of hydrogen-bond acceptors (Lipinski definition) is 8. The van der Waals surface area contributed by atoms with Crippen molar-refractivity contribution in [2.24, 2.45) is 0 Å². The molecule has 3 aromatic heterocycles. The Morgan fingerprint density at radius 1 is 1.13 bits per heavy atom. The molecule has 0 unspecified atom stereocenters. The van der Waals surface area contributed by atoms with E-state index in [1.165, 1.54) is 18.5 Å². The molecule has 1 aliphatic rings. The van der Waals surface area contributed by atoms with Gasteiger partial charge in [-0.1, -0.05) is 6.08 Å². The van der Waals surface area contributed by atoms with Crippen molar-refractivity contribution in [1.82, 2.24) is 29.4 Å². The predicted molar refractivity (Wildman–Crippen MR) is 145 cm³/mol. The molecule has 10 nitrogen and oxygen atoms in total. The first-order valence-electron chi connectivity index (χ1n) is 12.6. The highest BCUT2D eigenvalue weighted by atomic mass is 19.1. The molecule has 1 aromatic carbocycles. The van der Waals surface area contributed by atoms with Gasteiger partial charge in [0.05, 0.1) is 11.2 Å². The highest BCUT2D eigenvalue weighted by Crippen LogP contribution is 2.37. The molecule has 0 radical (unpaired) electrons. The summed E-state index contributed by atoms with van der Waals surface area (Å²) in [6, 6.07) is 6.42. The van der Waals surface area contributed by atoms with E-state index in [0.29, 0.717) is 41.9 Å². The lowest BCUT2D eigenvalue weighted by molar-refractivity contribution is 0.0270. The largest absolute Gasteiger partial charge is 0.444 e. The van der Waals surface area contributed by atoms with Crippen molar-refractivity contribution in [1.29, 1.82) is 0 Å². The van der Waals surface area contributed by atoms with Crippen molar-refractivity contribution in [3.05, 3.63) is 65.6 Å². The normalized spacial score (nSPS) is 13.9. The first-order chi connectivity index (χ1) is 18.5. The Balaban J connectivity index is 1.55. The molecule has 202 valence electrons. The number of carbonyl (C=O) groups is 1. The maximum absolute atomic E-state index is 15.3. The van der Waals surface area contributed by atoms with E-state index in [4.69, 9.17) is 15.2 Å². The van der Waals surface area contributed by atoms with Crippen molar-refractivity contribution in [2.45, 2.75) is 46.6 Å². The number of ether oxygens (including phenoxy) is 2. The fourth-order valence-electron chi connectivity index (χ4n) is 4.58. The van der Waals surface area contributed by atoms with Crippen LogP contribution in [0.15, 0.2) is 42.9 Å². The van der Waals surface area contributed by atoms with Gasteiger partial charge in [0.25, 0.3) is 0 Å². The molecule has 0 saturated carbocycles. The maximum Gasteiger partial charge on any atom is 0.410 e. The van der Waals surface area contributed by atoms with E-state index >= 15 is 4.39 Å². The van der Waals surface area contributed by atoms with Crippen LogP contribution in [0.2, 0.25) is 0 Å². The summed E-state index contributed by atoms with van der Waals surface area (Å²) in [5.41, 5.74) is 10.9. The lowest BCUT2D eigenvalue weighted by Crippen LogP contribution is -2.39. The molecular formula is C28H30FN7O3. The maximum atomic E-state index is 15.3. The third-order valence-electron chi connectivity index (χ3n) is 6.32. The van der Waals surface area contributed by atoms with Gasteiger partial charge in [0, 0.05) is 42.3 Å². The van der Waals surface area contributed by atoms with Gasteiger partial charge in [0.15, 0.2) is 17.4 Å². The first kappa shape index (κ1) is 26.1. The molecule has 0 saturated heterocycles. The van der Waals surface area contributed by atoms with Gasteiger partial charge in [-0.05, 0) is 64.8 Å². The Labute approximate surface area is 225 Å². The van der Waals surface area contributed by atoms with Crippen molar-refractivity contribution in [3.8, 4) is 17.4 Å². The molecule has 5 rings (SSSR count). The van der Waals surface area contributed by atoms with E-state index in [9.17, 15) is 4.79 Å². The van der Waals surface area contributed by atoms with Crippen molar-refractivity contribution in [2.75, 3.05) is 18.8 Å². The number of hydrogen-bond donors (Lipinski definition) is 1. The van der Waals surface area contributed by atoms with Gasteiger partial charge in [-0.3, -0.25) is 0 Å². The molecule has 0 bridgehead atoms. The number of nitrogen functional groups attached to an aromatic ring is 1. The number of rotatable bonds is 4. The summed E-state index contributed by atoms with van der Waals surface area (Å²) < 4.78 is 28.3. The minimum absolute atomic E-state index is 0.00631. The van der Waals surface area contributed by atoms with Crippen LogP contribution in [0.4, 0.5) is 15.0 Å². The Kier molecular flexibility index (Phi) is 6.67. The van der Waals surface area contributed by atoms with Gasteiger partial charge < -0.3 is 24.7 Å². The Hall–Kier alpha value is -4.54. The molecule has 39 heavy (non-hydrogen) atoms. The van der Waals surface area contributed by atoms with Crippen LogP contribution in [-0.2, 0) is 4.74 Å². The summed E-state index contributed by atoms with van der Waals surface area (Å²) in [5.74, 6) is -0.324. The summed E-state index contributed by atoms with van der Waals surface area (Å²) in [4.78, 5) is 31.1. The smallest absolute Gasteiger partial charge is 0.410 e. The number of nitrogens with zero attached hydrogens (tertiary/aromatic N) is 6. The zero-order chi connectivity index (χ0) is 27.9. The van der Waals surface area contributed by atoms with Crippen LogP contribution in [0, 0.1) is 19.7 Å². The first-order valence-corrected chi connectivity index (χ1v) is 12.6. The molecule has 1 aliphatic heterocycles. The van der Waals surface area contributed by atoms with Gasteiger partial charge in [0.2, 0.25) is 0 Å². The van der Waals surface area contributed by atoms with E-state index < -0.39 is 11.4 Å². The standard InChI is InChI=1S/C28H30FN7O3/c1-16-8-11-31-26(34-16)38-21-7-6-19(14-20(21)29)36-23(17(2)22-24(36)25(30)33-15-32-22)18-9-12-35(13-10-18)27(37)39-28(3,4)5/h6-9,11,14-15H,10,12-13H2,1-5H3,(H2,30,32,33). The fraction of sp³-hybridized carbons (Fsp3) is 0.321. The third-order valence-corrected chi connectivity index (χ3v) is 6.32. The van der Waals surface area contributed by atoms with Gasteiger partial charge in [-0.2, -0.15) is 0 Å². The van der Waals surface area contributed by atoms with Crippen LogP contribution in [0.5, 0.6) is 11.8 Å². The molecule has 0 fully saturated rings. The Morgan fingerprint density at radius 2 is 1.92 bits per heavy atom. The van der Waals surface area contributed by atoms with Crippen LogP contribution in [0.3, 0.4) is 0 Å². The summed E-state index contributed by atoms with van der Waals surface area (Å²) in [7, 11) is 0. The van der Waals surface area contributed by atoms with Gasteiger partial charge in [0.1, 0.15) is 17.4 Å². The summed E-state index contributed by atoms with van der Waals surface area (Å²) in [6.45, 7) is 10.1. The number of benzene rings is 1. The highest BCUT2D eigenvalue weighted by Gasteiger charge is 2.28. The molecular weight excluding hydrogens is 501 g/mol. The highest BCUT2D eigenvalue weighted by molar-refractivity contribution is 5.94. The average molecular weight is 532 g/mol. The molecule has 11 heteroatoms. The second kappa shape index (κ2) is 9.97. The quantitative estimate of drug-likeness (QED) is 0.373. The molecule has 4 heterocycles. The number of carbonyl (C=O) groups excluding carboxylic acids is 1. The fourth-order valence-corrected chi connectivity index (χ4v) is 4.58. The summed E-state index contributed by atoms with van der Waals surface area (Å²) in [6.07, 6.45) is 5.16. The Bertz CT molecular complexity index is 1610. The zero-order valence-corrected chi connectivity index (χ0v) is 22.5. The molecule has 0 aliphatic carbocycles. The van der Waals surface area contributed by atoms with Gasteiger partial charge in [-0.15, -0.1) is 0 Å². The molecule has 0 atom stereocenters. The summed E-state index contributed by atoms with van der Waals surface area (Å²) in [5, 5.41) is 0. The van der Waals surface area contributed by atoms with Crippen molar-refractivity contribution >= 4 is 28.5 Å². The minimum Gasteiger partial charge on any atom is -0.444 e. The monoisotopic (exact) mass is 531 g/mol. The van der Waals surface area contributed by atoms with Crippen molar-refractivity contribution in [3.63, 3.8) is 0 Å². The topological polar surface area (TPSA) is 121 Å². The van der Waals surface area contributed by atoms with E-state index in [2.05, 4.69) is 19.9 Å². The van der Waals surface area contributed by atoms with Gasteiger partial charge in [-0.25, -0.2) is 29.1 Å². The van der Waals surface area contributed by atoms with E-state index in [0.717, 1.165) is 16.8 Å². The van der Waals surface area contributed by atoms with Crippen molar-refractivity contribution < 1.29 is 18.7 Å². The second-order valence-electron chi connectivity index (χ2n) is 10.4. The second-order valence-corrected chi connectivity index (χ2v) is 10.4. The SMILES string of the molecule is Cc1ccnc(Oc2ccc(-n3c(C4=CCN(C(=O)OC(C)(C)C)CC4)c(C)c4ncnc(N)c43)cc2F)n1. The lowest BCUT2D eigenvalue weighted by Gasteiger charge is -2.30. The number of aromatic nitrogens is 5. The third kappa shape index (κ3) is 5.25. The number of anilines is 1. The average Bonchev–Trinajstić information content (AvgIpc) is 3.18. The number of fused-ring (bicyclic) bond motifs is 1. The Morgan fingerprint density at radius 3 is 2.59 bits per heavy atom. The van der Waals surface area contributed by atoms with Crippen LogP contribution >= 0.6 is 0 Å². The zero-order valence-electron chi connectivity index (χ0n) is 22.5. The number of aryl methyl sites for hydroxylation is 2. The van der Waals surface area contributed by atoms with Crippen LogP contribution in [0.1, 0.15) is 44.1 Å². The van der Waals surface area contributed by atoms with Crippen LogP contribution in [0.25, 0.3) is 22.3 Å². The van der Waals surface area contributed by atoms with Crippen LogP contribution in [-0.4, -0.2) is 54.2 Å². The molecule has 2 N–H and O–H groups in total. The van der Waals surface area contributed by atoms with E-state index in [-0.39, 0.29) is 23.7 Å². The molecule has 1 amide bonds. The predicted octanol–water partition coefficient (Wildman–Crippen LogP) is 5.37.